The Morgan fingerprint density at radius 2 is 1.88 bits per heavy atom. The maximum atomic E-state index is 14.2. The van der Waals surface area contributed by atoms with E-state index in [2.05, 4.69) is 60.6 Å². The number of fused-ring (bicyclic) bond motifs is 2. The van der Waals surface area contributed by atoms with Gasteiger partial charge in [0, 0.05) is 43.6 Å². The average Bonchev–Trinajstić information content (AvgIpc) is 2.95. The molecule has 0 spiro atoms. The summed E-state index contributed by atoms with van der Waals surface area (Å²) in [6.45, 7) is 13.4. The molecule has 5 heteroatoms. The van der Waals surface area contributed by atoms with E-state index in [1.807, 2.05) is 42.5 Å². The number of hydrogen-bond donors (Lipinski definition) is 0. The Bertz CT molecular complexity index is 1380. The van der Waals surface area contributed by atoms with Gasteiger partial charge in [0.05, 0.1) is 0 Å². The van der Waals surface area contributed by atoms with Gasteiger partial charge in [0.15, 0.2) is 0 Å². The fourth-order valence-corrected chi connectivity index (χ4v) is 7.12. The molecule has 1 aliphatic heterocycles. The van der Waals surface area contributed by atoms with Crippen molar-refractivity contribution in [2.75, 3.05) is 26.2 Å². The summed E-state index contributed by atoms with van der Waals surface area (Å²) < 4.78 is 5.51. The van der Waals surface area contributed by atoms with E-state index < -0.39 is 0 Å². The molecule has 0 unspecified atom stereocenters. The molecule has 0 radical (unpaired) electrons. The molecule has 2 fully saturated rings. The Morgan fingerprint density at radius 3 is 2.62 bits per heavy atom. The minimum absolute atomic E-state index is 0.0877. The zero-order valence-electron chi connectivity index (χ0n) is 24.1. The normalized spacial score (nSPS) is 23.0. The van der Waals surface area contributed by atoms with E-state index in [0.717, 1.165) is 68.2 Å². The number of hydrogen-bond acceptors (Lipinski definition) is 4. The third kappa shape index (κ3) is 5.85. The highest BCUT2D eigenvalue weighted by Crippen LogP contribution is 2.50. The van der Waals surface area contributed by atoms with Crippen LogP contribution in [0, 0.1) is 11.8 Å². The predicted molar refractivity (Wildman–Crippen MR) is 162 cm³/mol. The highest BCUT2D eigenvalue weighted by molar-refractivity contribution is 5.98. The number of nitrogens with zero attached hydrogens (tertiary/aromatic N) is 2. The lowest BCUT2D eigenvalue weighted by Crippen LogP contribution is -2.57. The van der Waals surface area contributed by atoms with Gasteiger partial charge in [-0.05, 0) is 84.7 Å². The van der Waals surface area contributed by atoms with Crippen molar-refractivity contribution in [2.45, 2.75) is 57.9 Å². The van der Waals surface area contributed by atoms with E-state index in [9.17, 15) is 9.59 Å². The van der Waals surface area contributed by atoms with E-state index >= 15 is 0 Å². The molecule has 1 saturated carbocycles. The summed E-state index contributed by atoms with van der Waals surface area (Å²) in [5, 5.41) is 2.24. The maximum Gasteiger partial charge on any atom is 0.308 e. The van der Waals surface area contributed by atoms with Gasteiger partial charge in [0.25, 0.3) is 5.91 Å². The second-order valence-electron chi connectivity index (χ2n) is 12.1. The number of likely N-dealkylation sites (tertiary alicyclic amines) is 1. The van der Waals surface area contributed by atoms with Crippen LogP contribution in [0.15, 0.2) is 79.4 Å². The minimum atomic E-state index is -0.308. The second-order valence-corrected chi connectivity index (χ2v) is 12.1. The van der Waals surface area contributed by atoms with Crippen molar-refractivity contribution < 1.29 is 14.3 Å². The summed E-state index contributed by atoms with van der Waals surface area (Å²) in [5.41, 5.74) is 1.89. The standard InChI is InChI=1S/C35H42N2O3/c1-5-18-36-19-17-35(30-11-8-12-33(21-30)40-26(4)38)22-32(16-15-31(35)24-36)37(23-25(2)3)34(39)29-14-13-27-9-6-7-10-28(27)20-29/h5-14,20-21,25,31-32H,1,15-19,22-24H2,2-4H3/t31-,32-,35+/m1/s1. The van der Waals surface area contributed by atoms with E-state index in [1.54, 1.807) is 0 Å². The number of ether oxygens (including phenoxy) is 1. The summed E-state index contributed by atoms with van der Waals surface area (Å²) in [7, 11) is 0. The first-order chi connectivity index (χ1) is 19.3. The molecular weight excluding hydrogens is 496 g/mol. The molecule has 1 saturated heterocycles. The molecule has 2 aliphatic rings. The quantitative estimate of drug-likeness (QED) is 0.179. The van der Waals surface area contributed by atoms with Gasteiger partial charge < -0.3 is 9.64 Å². The van der Waals surface area contributed by atoms with E-state index in [1.165, 1.54) is 12.5 Å². The Morgan fingerprint density at radius 1 is 1.07 bits per heavy atom. The SMILES string of the molecule is C=CCN1CC[C@@]2(c3cccc(OC(C)=O)c3)C[C@H](N(CC(C)C)C(=O)c3ccc4ccccc4c3)CC[C@@H]2C1. The number of amides is 1. The van der Waals surface area contributed by atoms with Crippen molar-refractivity contribution in [3.8, 4) is 5.75 Å². The summed E-state index contributed by atoms with van der Waals surface area (Å²) in [6, 6.07) is 22.6. The van der Waals surface area contributed by atoms with Gasteiger partial charge in [0.1, 0.15) is 5.75 Å². The van der Waals surface area contributed by atoms with Crippen LogP contribution in [0.1, 0.15) is 62.4 Å². The Labute approximate surface area is 238 Å². The Hall–Kier alpha value is -3.44. The summed E-state index contributed by atoms with van der Waals surface area (Å²) >= 11 is 0. The average molecular weight is 539 g/mol. The minimum Gasteiger partial charge on any atom is -0.427 e. The number of esters is 1. The van der Waals surface area contributed by atoms with Crippen LogP contribution in [0.25, 0.3) is 10.8 Å². The molecule has 3 aromatic carbocycles. The molecule has 40 heavy (non-hydrogen) atoms. The van der Waals surface area contributed by atoms with Crippen LogP contribution < -0.4 is 4.74 Å². The molecule has 3 atom stereocenters. The summed E-state index contributed by atoms with van der Waals surface area (Å²) in [6.07, 6.45) is 5.95. The Balaban J connectivity index is 1.50. The van der Waals surface area contributed by atoms with Gasteiger partial charge in [0.2, 0.25) is 0 Å². The molecule has 0 N–H and O–H groups in total. The maximum absolute atomic E-state index is 14.2. The number of piperidine rings is 1. The van der Waals surface area contributed by atoms with Crippen molar-refractivity contribution in [2.24, 2.45) is 11.8 Å². The van der Waals surface area contributed by atoms with Crippen LogP contribution in [-0.4, -0.2) is 53.9 Å². The molecule has 3 aromatic rings. The monoisotopic (exact) mass is 538 g/mol. The van der Waals surface area contributed by atoms with Crippen LogP contribution in [0.2, 0.25) is 0 Å². The highest BCUT2D eigenvalue weighted by atomic mass is 16.5. The zero-order chi connectivity index (χ0) is 28.3. The molecule has 1 heterocycles. The number of rotatable bonds is 8. The molecule has 210 valence electrons. The van der Waals surface area contributed by atoms with Crippen molar-refractivity contribution in [3.05, 3.63) is 90.5 Å². The number of carbonyl (C=O) groups is 2. The molecule has 1 aliphatic carbocycles. The highest BCUT2D eigenvalue weighted by Gasteiger charge is 2.49. The van der Waals surface area contributed by atoms with Crippen molar-refractivity contribution in [1.82, 2.24) is 9.80 Å². The summed E-state index contributed by atoms with van der Waals surface area (Å²) in [4.78, 5) is 30.6. The molecule has 1 amide bonds. The first-order valence-corrected chi connectivity index (χ1v) is 14.7. The smallest absolute Gasteiger partial charge is 0.308 e. The van der Waals surface area contributed by atoms with Gasteiger partial charge in [-0.2, -0.15) is 0 Å². The molecule has 5 nitrogen and oxygen atoms in total. The van der Waals surface area contributed by atoms with Gasteiger partial charge in [-0.3, -0.25) is 14.5 Å². The van der Waals surface area contributed by atoms with Gasteiger partial charge in [-0.1, -0.05) is 62.4 Å². The molecule has 0 aromatic heterocycles. The van der Waals surface area contributed by atoms with Crippen LogP contribution in [-0.2, 0) is 10.2 Å². The molecular formula is C35H42N2O3. The topological polar surface area (TPSA) is 49.9 Å². The lowest BCUT2D eigenvalue weighted by atomic mass is 9.57. The first-order valence-electron chi connectivity index (χ1n) is 14.7. The Kier molecular flexibility index (Phi) is 8.41. The third-order valence-corrected chi connectivity index (χ3v) is 8.90. The van der Waals surface area contributed by atoms with E-state index in [4.69, 9.17) is 4.74 Å². The number of benzene rings is 3. The summed E-state index contributed by atoms with van der Waals surface area (Å²) in [5.74, 6) is 1.23. The van der Waals surface area contributed by atoms with Gasteiger partial charge in [-0.25, -0.2) is 0 Å². The first kappa shape index (κ1) is 28.1. The van der Waals surface area contributed by atoms with E-state index in [0.29, 0.717) is 17.6 Å². The molecule has 0 bridgehead atoms. The lowest BCUT2D eigenvalue weighted by Gasteiger charge is -2.54. The van der Waals surface area contributed by atoms with Crippen LogP contribution >= 0.6 is 0 Å². The second kappa shape index (κ2) is 12.0. The van der Waals surface area contributed by atoms with Gasteiger partial charge in [-0.15, -0.1) is 6.58 Å². The van der Waals surface area contributed by atoms with Gasteiger partial charge >= 0.3 is 5.97 Å². The van der Waals surface area contributed by atoms with Crippen LogP contribution in [0.3, 0.4) is 0 Å². The largest absolute Gasteiger partial charge is 0.427 e. The predicted octanol–water partition coefficient (Wildman–Crippen LogP) is 6.86. The fourth-order valence-electron chi connectivity index (χ4n) is 7.12. The molecule has 5 rings (SSSR count). The van der Waals surface area contributed by atoms with Crippen molar-refractivity contribution in [3.63, 3.8) is 0 Å². The zero-order valence-corrected chi connectivity index (χ0v) is 24.1. The number of carbonyl (C=O) groups excluding carboxylic acids is 2. The van der Waals surface area contributed by atoms with Crippen LogP contribution in [0.4, 0.5) is 0 Å². The lowest BCUT2D eigenvalue weighted by molar-refractivity contribution is -0.131. The van der Waals surface area contributed by atoms with Crippen molar-refractivity contribution in [1.29, 1.82) is 0 Å². The van der Waals surface area contributed by atoms with Crippen LogP contribution in [0.5, 0.6) is 5.75 Å². The van der Waals surface area contributed by atoms with Crippen molar-refractivity contribution >= 4 is 22.6 Å². The van der Waals surface area contributed by atoms with E-state index in [-0.39, 0.29) is 23.3 Å². The fraction of sp³-hybridized carbons (Fsp3) is 0.429. The third-order valence-electron chi connectivity index (χ3n) is 8.90.